The molecular weight excluding hydrogens is 278 g/mol. The van der Waals surface area contributed by atoms with E-state index in [1.54, 1.807) is 6.20 Å². The van der Waals surface area contributed by atoms with Gasteiger partial charge in [-0.2, -0.15) is 0 Å². The van der Waals surface area contributed by atoms with Gasteiger partial charge in [-0.3, -0.25) is 4.98 Å². The lowest BCUT2D eigenvalue weighted by Crippen LogP contribution is -2.27. The van der Waals surface area contributed by atoms with E-state index in [1.807, 2.05) is 12.1 Å². The Morgan fingerprint density at radius 1 is 1.35 bits per heavy atom. The van der Waals surface area contributed by atoms with Crippen molar-refractivity contribution in [3.05, 3.63) is 28.5 Å². The molecule has 17 heavy (non-hydrogen) atoms. The average Bonchev–Trinajstić information content (AvgIpc) is 2.33. The summed E-state index contributed by atoms with van der Waals surface area (Å²) in [4.78, 5) is 4.32. The fourth-order valence-corrected chi connectivity index (χ4v) is 2.81. The van der Waals surface area contributed by atoms with Crippen LogP contribution in [0.3, 0.4) is 0 Å². The summed E-state index contributed by atoms with van der Waals surface area (Å²) in [5.74, 6) is 1.31. The quantitative estimate of drug-likeness (QED) is 0.925. The molecule has 3 heteroatoms. The molecule has 1 aromatic rings. The molecule has 0 aliphatic heterocycles. The van der Waals surface area contributed by atoms with Crippen molar-refractivity contribution in [1.29, 1.82) is 0 Å². The molecule has 0 spiro atoms. The first-order chi connectivity index (χ1) is 8.15. The second-order valence-corrected chi connectivity index (χ2v) is 6.17. The van der Waals surface area contributed by atoms with Gasteiger partial charge in [0.05, 0.1) is 6.10 Å². The molecule has 1 aliphatic carbocycles. The highest BCUT2D eigenvalue weighted by Crippen LogP contribution is 2.31. The molecule has 1 unspecified atom stereocenters. The molecular formula is C14H20BrNO. The number of hydrogen-bond donors (Lipinski definition) is 1. The first-order valence-corrected chi connectivity index (χ1v) is 7.23. The van der Waals surface area contributed by atoms with Crippen molar-refractivity contribution in [2.75, 3.05) is 0 Å². The van der Waals surface area contributed by atoms with Gasteiger partial charge in [0.15, 0.2) is 0 Å². The van der Waals surface area contributed by atoms with Crippen LogP contribution in [0.25, 0.3) is 0 Å². The lowest BCUT2D eigenvalue weighted by Gasteiger charge is -2.29. The third kappa shape index (κ3) is 3.78. The molecule has 1 saturated carbocycles. The lowest BCUT2D eigenvalue weighted by atomic mass is 9.79. The van der Waals surface area contributed by atoms with E-state index >= 15 is 0 Å². The summed E-state index contributed by atoms with van der Waals surface area (Å²) in [5.41, 5.74) is 0.985. The summed E-state index contributed by atoms with van der Waals surface area (Å²) in [6.45, 7) is 2.30. The van der Waals surface area contributed by atoms with Crippen molar-refractivity contribution in [2.45, 2.75) is 45.1 Å². The van der Waals surface area contributed by atoms with Gasteiger partial charge in [-0.25, -0.2) is 0 Å². The first-order valence-electron chi connectivity index (χ1n) is 6.43. The number of aliphatic hydroxyl groups excluding tert-OH is 1. The molecule has 1 aliphatic rings. The van der Waals surface area contributed by atoms with E-state index in [2.05, 4.69) is 27.8 Å². The van der Waals surface area contributed by atoms with E-state index in [0.29, 0.717) is 12.3 Å². The molecule has 0 aromatic carbocycles. The second-order valence-electron chi connectivity index (χ2n) is 5.26. The minimum Gasteiger partial charge on any atom is -0.392 e. The summed E-state index contributed by atoms with van der Waals surface area (Å²) in [5, 5.41) is 10.2. The summed E-state index contributed by atoms with van der Waals surface area (Å²) in [6, 6.07) is 3.97. The predicted molar refractivity (Wildman–Crippen MR) is 72.8 cm³/mol. The van der Waals surface area contributed by atoms with Gasteiger partial charge >= 0.3 is 0 Å². The largest absolute Gasteiger partial charge is 0.392 e. The highest BCUT2D eigenvalue weighted by molar-refractivity contribution is 9.10. The van der Waals surface area contributed by atoms with Gasteiger partial charge in [0.2, 0.25) is 0 Å². The molecule has 1 N–H and O–H groups in total. The number of aliphatic hydroxyl groups is 1. The molecule has 0 radical (unpaired) electrons. The summed E-state index contributed by atoms with van der Waals surface area (Å²) in [6.07, 6.45) is 7.11. The predicted octanol–water partition coefficient (Wildman–Crippen LogP) is 3.57. The van der Waals surface area contributed by atoms with Crippen LogP contribution < -0.4 is 0 Å². The van der Waals surface area contributed by atoms with Crippen molar-refractivity contribution in [2.24, 2.45) is 11.8 Å². The highest BCUT2D eigenvalue weighted by Gasteiger charge is 2.24. The molecule has 2 nitrogen and oxygen atoms in total. The Bertz CT molecular complexity index is 344. The number of pyridine rings is 1. The summed E-state index contributed by atoms with van der Waals surface area (Å²) in [7, 11) is 0. The van der Waals surface area contributed by atoms with E-state index in [0.717, 1.165) is 16.1 Å². The molecule has 1 atom stereocenters. The molecule has 0 bridgehead atoms. The number of aromatic nitrogens is 1. The Morgan fingerprint density at radius 2 is 2.06 bits per heavy atom. The maximum absolute atomic E-state index is 10.2. The van der Waals surface area contributed by atoms with Crippen LogP contribution in [0.5, 0.6) is 0 Å². The van der Waals surface area contributed by atoms with E-state index in [4.69, 9.17) is 0 Å². The van der Waals surface area contributed by atoms with Crippen molar-refractivity contribution in [3.63, 3.8) is 0 Å². The Labute approximate surface area is 112 Å². The van der Waals surface area contributed by atoms with Crippen LogP contribution in [-0.4, -0.2) is 16.2 Å². The minimum atomic E-state index is -0.226. The van der Waals surface area contributed by atoms with Crippen LogP contribution in [0.15, 0.2) is 22.8 Å². The molecule has 1 aromatic heterocycles. The molecule has 1 heterocycles. The maximum Gasteiger partial charge on any atom is 0.0623 e. The normalized spacial score (nSPS) is 26.8. The third-order valence-electron chi connectivity index (χ3n) is 3.81. The van der Waals surface area contributed by atoms with Crippen molar-refractivity contribution in [1.82, 2.24) is 4.98 Å². The zero-order chi connectivity index (χ0) is 12.3. The van der Waals surface area contributed by atoms with Gasteiger partial charge in [-0.05, 0) is 52.7 Å². The van der Waals surface area contributed by atoms with E-state index in [9.17, 15) is 5.11 Å². The zero-order valence-electron chi connectivity index (χ0n) is 10.3. The van der Waals surface area contributed by atoms with Gasteiger partial charge in [-0.15, -0.1) is 0 Å². The molecule has 94 valence electrons. The zero-order valence-corrected chi connectivity index (χ0v) is 11.9. The Balaban J connectivity index is 1.88. The number of rotatable bonds is 3. The van der Waals surface area contributed by atoms with Crippen LogP contribution in [0.4, 0.5) is 0 Å². The molecule has 1 fully saturated rings. The number of nitrogens with zero attached hydrogens (tertiary/aromatic N) is 1. The lowest BCUT2D eigenvalue weighted by molar-refractivity contribution is 0.0753. The van der Waals surface area contributed by atoms with Crippen LogP contribution >= 0.6 is 15.9 Å². The van der Waals surface area contributed by atoms with E-state index in [1.165, 1.54) is 25.7 Å². The van der Waals surface area contributed by atoms with Gasteiger partial charge in [0.1, 0.15) is 0 Å². The molecule has 2 rings (SSSR count). The van der Waals surface area contributed by atoms with Crippen LogP contribution in [0.2, 0.25) is 0 Å². The van der Waals surface area contributed by atoms with Gasteiger partial charge in [0.25, 0.3) is 0 Å². The standard InChI is InChI=1S/C14H20BrNO/c1-10-2-4-11(5-3-10)14(17)8-13-7-6-12(15)9-16-13/h6-7,9-11,14,17H,2-5,8H2,1H3. The fourth-order valence-electron chi connectivity index (χ4n) is 2.58. The number of halogens is 1. The SMILES string of the molecule is CC1CCC(C(O)Cc2ccc(Br)cn2)CC1. The minimum absolute atomic E-state index is 0.226. The van der Waals surface area contributed by atoms with E-state index in [-0.39, 0.29) is 6.10 Å². The maximum atomic E-state index is 10.2. The van der Waals surface area contributed by atoms with Crippen LogP contribution in [-0.2, 0) is 6.42 Å². The highest BCUT2D eigenvalue weighted by atomic mass is 79.9. The summed E-state index contributed by atoms with van der Waals surface area (Å²) >= 11 is 3.37. The van der Waals surface area contributed by atoms with Gasteiger partial charge < -0.3 is 5.11 Å². The average molecular weight is 298 g/mol. The Hall–Kier alpha value is -0.410. The Morgan fingerprint density at radius 3 is 2.65 bits per heavy atom. The fraction of sp³-hybridized carbons (Fsp3) is 0.643. The van der Waals surface area contributed by atoms with Crippen LogP contribution in [0, 0.1) is 11.8 Å². The van der Waals surface area contributed by atoms with Crippen molar-refractivity contribution >= 4 is 15.9 Å². The summed E-state index contributed by atoms with van der Waals surface area (Å²) < 4.78 is 0.988. The Kier molecular flexibility index (Phi) is 4.57. The molecule has 0 amide bonds. The number of hydrogen-bond acceptors (Lipinski definition) is 2. The monoisotopic (exact) mass is 297 g/mol. The first kappa shape index (κ1) is 13.0. The van der Waals surface area contributed by atoms with Crippen LogP contribution in [0.1, 0.15) is 38.3 Å². The van der Waals surface area contributed by atoms with Gasteiger partial charge in [0, 0.05) is 22.8 Å². The third-order valence-corrected chi connectivity index (χ3v) is 4.28. The second kappa shape index (κ2) is 5.96. The molecule has 0 saturated heterocycles. The van der Waals surface area contributed by atoms with Gasteiger partial charge in [-0.1, -0.05) is 19.8 Å². The smallest absolute Gasteiger partial charge is 0.0623 e. The van der Waals surface area contributed by atoms with E-state index < -0.39 is 0 Å². The van der Waals surface area contributed by atoms with Crippen molar-refractivity contribution < 1.29 is 5.11 Å². The topological polar surface area (TPSA) is 33.1 Å². The van der Waals surface area contributed by atoms with Crippen molar-refractivity contribution in [3.8, 4) is 0 Å².